The first kappa shape index (κ1) is 33.6. The van der Waals surface area contributed by atoms with Gasteiger partial charge in [0.2, 0.25) is 5.91 Å². The average Bonchev–Trinajstić information content (AvgIpc) is 3.43. The van der Waals surface area contributed by atoms with Gasteiger partial charge in [0, 0.05) is 17.0 Å². The van der Waals surface area contributed by atoms with E-state index in [-0.39, 0.29) is 53.8 Å². The van der Waals surface area contributed by atoms with E-state index < -0.39 is 44.6 Å². The zero-order valence-corrected chi connectivity index (χ0v) is 26.3. The number of nitrogens with one attached hydrogen (secondary N) is 1. The number of rotatable bonds is 11. The van der Waals surface area contributed by atoms with E-state index in [4.69, 9.17) is 26.2 Å². The molecule has 0 saturated carbocycles. The summed E-state index contributed by atoms with van der Waals surface area (Å²) >= 11 is 6.21. The SMILES string of the molecule is COc1cc(CC(=O)O)ccc1OCCNC(=O)[C@@H]1Cc2ccccc2N1S(=O)(=O)c1ccc(-c2ccccc2Cl)cc1C(F)(F)F. The van der Waals surface area contributed by atoms with Gasteiger partial charge in [-0.25, -0.2) is 8.42 Å². The number of aliphatic carboxylic acids is 1. The second kappa shape index (κ2) is 13.5. The molecular formula is C33H28ClF3N2O7S. The van der Waals surface area contributed by atoms with Gasteiger partial charge in [-0.05, 0) is 53.1 Å². The maximum absolute atomic E-state index is 14.4. The molecule has 1 aliphatic rings. The van der Waals surface area contributed by atoms with Gasteiger partial charge in [0.15, 0.2) is 11.5 Å². The number of carbonyl (C=O) groups is 2. The molecule has 5 rings (SSSR count). The highest BCUT2D eigenvalue weighted by Gasteiger charge is 2.46. The molecule has 4 aromatic rings. The number of para-hydroxylation sites is 1. The van der Waals surface area contributed by atoms with Crippen molar-refractivity contribution in [2.45, 2.75) is 30.0 Å². The van der Waals surface area contributed by atoms with Crippen LogP contribution >= 0.6 is 11.6 Å². The lowest BCUT2D eigenvalue weighted by atomic mass is 10.0. The predicted octanol–water partition coefficient (Wildman–Crippen LogP) is 5.98. The van der Waals surface area contributed by atoms with Gasteiger partial charge >= 0.3 is 12.1 Å². The Hall–Kier alpha value is -4.75. The van der Waals surface area contributed by atoms with Gasteiger partial charge in [-0.2, -0.15) is 13.2 Å². The number of anilines is 1. The summed E-state index contributed by atoms with van der Waals surface area (Å²) < 4.78 is 83.3. The van der Waals surface area contributed by atoms with Crippen molar-refractivity contribution in [3.63, 3.8) is 0 Å². The number of methoxy groups -OCH3 is 1. The molecule has 0 aromatic heterocycles. The summed E-state index contributed by atoms with van der Waals surface area (Å²) in [4.78, 5) is 23.5. The van der Waals surface area contributed by atoms with Crippen molar-refractivity contribution >= 4 is 39.2 Å². The first-order chi connectivity index (χ1) is 22.3. The van der Waals surface area contributed by atoms with Gasteiger partial charge in [0.25, 0.3) is 10.0 Å². The number of sulfonamides is 1. The fourth-order valence-electron chi connectivity index (χ4n) is 5.37. The number of halogens is 4. The minimum Gasteiger partial charge on any atom is -0.493 e. The van der Waals surface area contributed by atoms with E-state index in [1.165, 1.54) is 49.6 Å². The van der Waals surface area contributed by atoms with Gasteiger partial charge in [0.1, 0.15) is 12.6 Å². The molecule has 0 radical (unpaired) electrons. The summed E-state index contributed by atoms with van der Waals surface area (Å²) in [5, 5.41) is 11.8. The van der Waals surface area contributed by atoms with Crippen LogP contribution < -0.4 is 19.1 Å². The number of alkyl halides is 3. The van der Waals surface area contributed by atoms with Crippen LogP contribution in [0.15, 0.2) is 89.8 Å². The highest BCUT2D eigenvalue weighted by Crippen LogP contribution is 2.43. The fraction of sp³-hybridized carbons (Fsp3) is 0.212. The van der Waals surface area contributed by atoms with Gasteiger partial charge in [-0.15, -0.1) is 0 Å². The van der Waals surface area contributed by atoms with E-state index in [2.05, 4.69) is 5.32 Å². The summed E-state index contributed by atoms with van der Waals surface area (Å²) in [6.45, 7) is -0.158. The van der Waals surface area contributed by atoms with Crippen LogP contribution in [0.2, 0.25) is 5.02 Å². The quantitative estimate of drug-likeness (QED) is 0.186. The van der Waals surface area contributed by atoms with Crippen LogP contribution in [0, 0.1) is 0 Å². The van der Waals surface area contributed by atoms with E-state index in [0.717, 1.165) is 16.4 Å². The Morgan fingerprint density at radius 3 is 2.43 bits per heavy atom. The lowest BCUT2D eigenvalue weighted by molar-refractivity contribution is -0.140. The molecule has 0 fully saturated rings. The molecule has 9 nitrogen and oxygen atoms in total. The number of nitrogens with zero attached hydrogens (tertiary/aromatic N) is 1. The van der Waals surface area contributed by atoms with Crippen molar-refractivity contribution < 1.29 is 45.8 Å². The minimum atomic E-state index is -5.05. The molecule has 0 saturated heterocycles. The normalized spacial score (nSPS) is 14.4. The first-order valence-corrected chi connectivity index (χ1v) is 16.0. The largest absolute Gasteiger partial charge is 0.493 e. The molecule has 1 amide bonds. The van der Waals surface area contributed by atoms with Crippen molar-refractivity contribution in [2.24, 2.45) is 0 Å². The summed E-state index contributed by atoms with van der Waals surface area (Å²) in [6.07, 6.45) is -5.34. The van der Waals surface area contributed by atoms with Gasteiger partial charge in [-0.3, -0.25) is 13.9 Å². The molecule has 14 heteroatoms. The van der Waals surface area contributed by atoms with Crippen molar-refractivity contribution in [2.75, 3.05) is 24.6 Å². The number of ether oxygens (including phenoxy) is 2. The number of carbonyl (C=O) groups excluding carboxylic acids is 1. The number of hydrogen-bond acceptors (Lipinski definition) is 6. The Labute approximate surface area is 273 Å². The topological polar surface area (TPSA) is 122 Å². The maximum Gasteiger partial charge on any atom is 0.417 e. The molecule has 2 N–H and O–H groups in total. The van der Waals surface area contributed by atoms with E-state index >= 15 is 0 Å². The molecule has 1 heterocycles. The Balaban J connectivity index is 1.40. The van der Waals surface area contributed by atoms with E-state index in [9.17, 15) is 31.2 Å². The number of carboxylic acid groups (broad SMARTS) is 1. The predicted molar refractivity (Wildman–Crippen MR) is 168 cm³/mol. The summed E-state index contributed by atoms with van der Waals surface area (Å²) in [6, 6.07) is 18.6. The number of benzene rings is 4. The molecular weight excluding hydrogens is 661 g/mol. The number of hydrogen-bond donors (Lipinski definition) is 2. The number of carboxylic acids is 1. The second-order valence-electron chi connectivity index (χ2n) is 10.5. The molecule has 0 bridgehead atoms. The molecule has 0 aliphatic carbocycles. The van der Waals surface area contributed by atoms with Crippen LogP contribution in [-0.2, 0) is 38.6 Å². The van der Waals surface area contributed by atoms with Crippen molar-refractivity contribution in [1.82, 2.24) is 5.32 Å². The van der Waals surface area contributed by atoms with E-state index in [1.807, 2.05) is 0 Å². The van der Waals surface area contributed by atoms with Crippen LogP contribution in [0.25, 0.3) is 11.1 Å². The number of fused-ring (bicyclic) bond motifs is 1. The average molecular weight is 689 g/mol. The Bertz CT molecular complexity index is 1940. The van der Waals surface area contributed by atoms with Crippen molar-refractivity contribution in [3.8, 4) is 22.6 Å². The Kier molecular flexibility index (Phi) is 9.68. The van der Waals surface area contributed by atoms with Crippen LogP contribution in [0.1, 0.15) is 16.7 Å². The van der Waals surface area contributed by atoms with Crippen molar-refractivity contribution in [3.05, 3.63) is 107 Å². The second-order valence-corrected chi connectivity index (χ2v) is 12.7. The zero-order valence-electron chi connectivity index (χ0n) is 24.8. The third-order valence-electron chi connectivity index (χ3n) is 7.48. The van der Waals surface area contributed by atoms with Gasteiger partial charge < -0.3 is 19.9 Å². The van der Waals surface area contributed by atoms with Crippen LogP contribution in [-0.4, -0.2) is 51.7 Å². The van der Waals surface area contributed by atoms with Crippen LogP contribution in [0.3, 0.4) is 0 Å². The zero-order chi connectivity index (χ0) is 33.9. The van der Waals surface area contributed by atoms with E-state index in [1.54, 1.807) is 30.3 Å². The van der Waals surface area contributed by atoms with Crippen LogP contribution in [0.4, 0.5) is 18.9 Å². The first-order valence-electron chi connectivity index (χ1n) is 14.2. The molecule has 47 heavy (non-hydrogen) atoms. The third kappa shape index (κ3) is 7.15. The monoisotopic (exact) mass is 688 g/mol. The molecule has 4 aromatic carbocycles. The smallest absolute Gasteiger partial charge is 0.417 e. The summed E-state index contributed by atoms with van der Waals surface area (Å²) in [5.74, 6) is -1.19. The number of amides is 1. The molecule has 1 atom stereocenters. The molecule has 0 unspecified atom stereocenters. The highest BCUT2D eigenvalue weighted by molar-refractivity contribution is 7.93. The van der Waals surface area contributed by atoms with Crippen LogP contribution in [0.5, 0.6) is 11.5 Å². The van der Waals surface area contributed by atoms with Gasteiger partial charge in [0.05, 0.1) is 36.2 Å². The molecule has 1 aliphatic heterocycles. The highest BCUT2D eigenvalue weighted by atomic mass is 35.5. The molecule has 246 valence electrons. The van der Waals surface area contributed by atoms with Gasteiger partial charge in [-0.1, -0.05) is 60.1 Å². The Morgan fingerprint density at radius 2 is 1.72 bits per heavy atom. The Morgan fingerprint density at radius 1 is 1.00 bits per heavy atom. The lowest BCUT2D eigenvalue weighted by Gasteiger charge is -2.28. The standard InChI is InChI=1S/C33H28ClF3N2O7S/c1-45-29-16-20(17-31(40)41)10-12-28(29)46-15-14-38-32(42)27-19-22-6-2-5-9-26(22)39(27)47(43,44)30-13-11-21(18-24(30)33(35,36)37)23-7-3-4-8-25(23)34/h2-13,16,18,27H,14-15,17,19H2,1H3,(H,38,42)(H,40,41)/t27-/m0/s1. The van der Waals surface area contributed by atoms with E-state index in [0.29, 0.717) is 16.7 Å². The van der Waals surface area contributed by atoms with Crippen molar-refractivity contribution in [1.29, 1.82) is 0 Å². The fourth-order valence-corrected chi connectivity index (χ4v) is 7.46. The summed E-state index contributed by atoms with van der Waals surface area (Å²) in [7, 11) is -3.55. The lowest BCUT2D eigenvalue weighted by Crippen LogP contribution is -2.49. The summed E-state index contributed by atoms with van der Waals surface area (Å²) in [5.41, 5.74) is 0.0346. The maximum atomic E-state index is 14.4. The minimum absolute atomic E-state index is 0.0694. The molecule has 0 spiro atoms. The third-order valence-corrected chi connectivity index (χ3v) is 9.69.